The van der Waals surface area contributed by atoms with E-state index in [9.17, 15) is 14.4 Å². The summed E-state index contributed by atoms with van der Waals surface area (Å²) in [6.07, 6.45) is 0. The SMILES string of the molecule is CC(C)[C@@H](NC(=O)Cn1c(=O)oc2ccccc21)C(=O)O. The van der Waals surface area contributed by atoms with Crippen molar-refractivity contribution in [1.82, 2.24) is 9.88 Å². The van der Waals surface area contributed by atoms with E-state index in [2.05, 4.69) is 5.32 Å². The number of hydrogen-bond donors (Lipinski definition) is 2. The summed E-state index contributed by atoms with van der Waals surface area (Å²) >= 11 is 0. The molecule has 112 valence electrons. The van der Waals surface area contributed by atoms with Crippen LogP contribution in [0, 0.1) is 5.92 Å². The molecule has 1 atom stereocenters. The third-order valence-electron chi connectivity index (χ3n) is 3.12. The quantitative estimate of drug-likeness (QED) is 0.849. The lowest BCUT2D eigenvalue weighted by Gasteiger charge is -2.17. The van der Waals surface area contributed by atoms with Crippen molar-refractivity contribution < 1.29 is 19.1 Å². The molecule has 7 nitrogen and oxygen atoms in total. The van der Waals surface area contributed by atoms with Crippen molar-refractivity contribution in [3.05, 3.63) is 34.8 Å². The number of nitrogens with one attached hydrogen (secondary N) is 1. The Labute approximate surface area is 120 Å². The molecule has 0 aliphatic rings. The maximum absolute atomic E-state index is 11.9. The van der Waals surface area contributed by atoms with Crippen LogP contribution in [0.15, 0.2) is 33.5 Å². The molecule has 1 aromatic carbocycles. The molecule has 2 rings (SSSR count). The Morgan fingerprint density at radius 3 is 2.62 bits per heavy atom. The van der Waals surface area contributed by atoms with E-state index in [1.165, 1.54) is 4.57 Å². The number of carboxylic acids is 1. The molecule has 0 radical (unpaired) electrons. The number of aromatic nitrogens is 1. The maximum atomic E-state index is 11.9. The van der Waals surface area contributed by atoms with Gasteiger partial charge in [-0.3, -0.25) is 9.36 Å². The normalized spacial score (nSPS) is 12.5. The molecule has 2 aromatic rings. The van der Waals surface area contributed by atoms with E-state index in [0.717, 1.165) is 0 Å². The average Bonchev–Trinajstić information content (AvgIpc) is 2.72. The zero-order valence-corrected chi connectivity index (χ0v) is 11.7. The van der Waals surface area contributed by atoms with Gasteiger partial charge in [-0.05, 0) is 18.1 Å². The molecule has 0 spiro atoms. The van der Waals surface area contributed by atoms with Gasteiger partial charge in [-0.15, -0.1) is 0 Å². The minimum absolute atomic E-state index is 0.260. The molecule has 7 heteroatoms. The van der Waals surface area contributed by atoms with Crippen molar-refractivity contribution in [2.45, 2.75) is 26.4 Å². The Kier molecular flexibility index (Phi) is 4.11. The molecule has 0 unspecified atom stereocenters. The fourth-order valence-corrected chi connectivity index (χ4v) is 2.04. The van der Waals surface area contributed by atoms with Crippen LogP contribution in [0.3, 0.4) is 0 Å². The third kappa shape index (κ3) is 3.13. The molecule has 21 heavy (non-hydrogen) atoms. The molecular weight excluding hydrogens is 276 g/mol. The van der Waals surface area contributed by atoms with Crippen LogP contribution in [-0.4, -0.2) is 27.6 Å². The lowest BCUT2D eigenvalue weighted by molar-refractivity contribution is -0.143. The lowest BCUT2D eigenvalue weighted by atomic mass is 10.1. The second-order valence-electron chi connectivity index (χ2n) is 5.05. The number of rotatable bonds is 5. The van der Waals surface area contributed by atoms with Crippen molar-refractivity contribution >= 4 is 23.0 Å². The number of carboxylic acid groups (broad SMARTS) is 1. The Balaban J connectivity index is 2.20. The van der Waals surface area contributed by atoms with Crippen molar-refractivity contribution in [3.8, 4) is 0 Å². The van der Waals surface area contributed by atoms with E-state index in [4.69, 9.17) is 9.52 Å². The Morgan fingerprint density at radius 2 is 2.00 bits per heavy atom. The van der Waals surface area contributed by atoms with Crippen molar-refractivity contribution in [2.75, 3.05) is 0 Å². The first kappa shape index (κ1) is 14.8. The van der Waals surface area contributed by atoms with Crippen LogP contribution in [0.2, 0.25) is 0 Å². The van der Waals surface area contributed by atoms with Gasteiger partial charge in [0.05, 0.1) is 5.52 Å². The van der Waals surface area contributed by atoms with E-state index in [0.29, 0.717) is 11.1 Å². The summed E-state index contributed by atoms with van der Waals surface area (Å²) in [6, 6.07) is 5.73. The summed E-state index contributed by atoms with van der Waals surface area (Å²) in [5.74, 6) is -2.57. The van der Waals surface area contributed by atoms with E-state index in [-0.39, 0.29) is 12.5 Å². The number of fused-ring (bicyclic) bond motifs is 1. The van der Waals surface area contributed by atoms with Gasteiger partial charge in [0.2, 0.25) is 5.91 Å². The molecule has 0 saturated carbocycles. The Bertz CT molecular complexity index is 728. The van der Waals surface area contributed by atoms with Gasteiger partial charge in [0.15, 0.2) is 5.58 Å². The van der Waals surface area contributed by atoms with Crippen molar-refractivity contribution in [2.24, 2.45) is 5.92 Å². The van der Waals surface area contributed by atoms with Gasteiger partial charge in [-0.25, -0.2) is 9.59 Å². The topological polar surface area (TPSA) is 102 Å². The highest BCUT2D eigenvalue weighted by molar-refractivity contribution is 5.84. The van der Waals surface area contributed by atoms with Crippen LogP contribution in [0.5, 0.6) is 0 Å². The van der Waals surface area contributed by atoms with Gasteiger partial charge in [0, 0.05) is 0 Å². The summed E-state index contributed by atoms with van der Waals surface area (Å²) in [5, 5.41) is 11.4. The molecule has 0 aliphatic carbocycles. The smallest absolute Gasteiger partial charge is 0.420 e. The van der Waals surface area contributed by atoms with Crippen molar-refractivity contribution in [1.29, 1.82) is 0 Å². The summed E-state index contributed by atoms with van der Waals surface area (Å²) in [5.41, 5.74) is 0.878. The summed E-state index contributed by atoms with van der Waals surface area (Å²) in [6.45, 7) is 3.10. The molecule has 1 heterocycles. The molecule has 0 saturated heterocycles. The average molecular weight is 292 g/mol. The number of oxazole rings is 1. The highest BCUT2D eigenvalue weighted by atomic mass is 16.4. The first-order chi connectivity index (χ1) is 9.90. The summed E-state index contributed by atoms with van der Waals surface area (Å²) < 4.78 is 6.18. The minimum atomic E-state index is -1.11. The number of benzene rings is 1. The fraction of sp³-hybridized carbons (Fsp3) is 0.357. The zero-order chi connectivity index (χ0) is 15.6. The lowest BCUT2D eigenvalue weighted by Crippen LogP contribution is -2.46. The van der Waals surface area contributed by atoms with Gasteiger partial charge in [-0.2, -0.15) is 0 Å². The minimum Gasteiger partial charge on any atom is -0.480 e. The standard InChI is InChI=1S/C14H16N2O5/c1-8(2)12(13(18)19)15-11(17)7-16-9-5-3-4-6-10(9)21-14(16)20/h3-6,8,12H,7H2,1-2H3,(H,15,17)(H,18,19)/t12-/m1/s1. The molecule has 0 aliphatic heterocycles. The number of para-hydroxylation sites is 2. The van der Waals surface area contributed by atoms with Crippen LogP contribution in [-0.2, 0) is 16.1 Å². The second kappa shape index (κ2) is 5.82. The molecule has 1 aromatic heterocycles. The zero-order valence-electron chi connectivity index (χ0n) is 11.7. The van der Waals surface area contributed by atoms with E-state index >= 15 is 0 Å². The first-order valence-corrected chi connectivity index (χ1v) is 6.50. The fourth-order valence-electron chi connectivity index (χ4n) is 2.04. The number of nitrogens with zero attached hydrogens (tertiary/aromatic N) is 1. The number of hydrogen-bond acceptors (Lipinski definition) is 4. The third-order valence-corrected chi connectivity index (χ3v) is 3.12. The second-order valence-corrected chi connectivity index (χ2v) is 5.05. The van der Waals surface area contributed by atoms with Crippen LogP contribution < -0.4 is 11.1 Å². The predicted octanol–water partition coefficient (Wildman–Crippen LogP) is 0.820. The van der Waals surface area contributed by atoms with Crippen LogP contribution in [0.25, 0.3) is 11.1 Å². The van der Waals surface area contributed by atoms with Crippen LogP contribution >= 0.6 is 0 Å². The van der Waals surface area contributed by atoms with Gasteiger partial charge in [0.25, 0.3) is 0 Å². The van der Waals surface area contributed by atoms with Crippen LogP contribution in [0.1, 0.15) is 13.8 Å². The number of carbonyl (C=O) groups is 2. The summed E-state index contributed by atoms with van der Waals surface area (Å²) in [7, 11) is 0. The molecule has 2 N–H and O–H groups in total. The molecule has 0 fully saturated rings. The highest BCUT2D eigenvalue weighted by Crippen LogP contribution is 2.11. The Morgan fingerprint density at radius 1 is 1.33 bits per heavy atom. The van der Waals surface area contributed by atoms with Gasteiger partial charge >= 0.3 is 11.7 Å². The largest absolute Gasteiger partial charge is 0.480 e. The number of amides is 1. The van der Waals surface area contributed by atoms with Gasteiger partial charge in [0.1, 0.15) is 12.6 Å². The van der Waals surface area contributed by atoms with E-state index < -0.39 is 23.7 Å². The molecule has 1 amide bonds. The monoisotopic (exact) mass is 292 g/mol. The van der Waals surface area contributed by atoms with Gasteiger partial charge in [-0.1, -0.05) is 26.0 Å². The number of carbonyl (C=O) groups excluding carboxylic acids is 1. The number of aliphatic carboxylic acids is 1. The van der Waals surface area contributed by atoms with Gasteiger partial charge < -0.3 is 14.8 Å². The molecule has 0 bridgehead atoms. The van der Waals surface area contributed by atoms with Crippen molar-refractivity contribution in [3.63, 3.8) is 0 Å². The maximum Gasteiger partial charge on any atom is 0.420 e. The van der Waals surface area contributed by atoms with E-state index in [1.807, 2.05) is 0 Å². The molecular formula is C14H16N2O5. The van der Waals surface area contributed by atoms with E-state index in [1.54, 1.807) is 38.1 Å². The Hall–Kier alpha value is -2.57. The first-order valence-electron chi connectivity index (χ1n) is 6.50. The highest BCUT2D eigenvalue weighted by Gasteiger charge is 2.24. The van der Waals surface area contributed by atoms with Crippen LogP contribution in [0.4, 0.5) is 0 Å². The predicted molar refractivity (Wildman–Crippen MR) is 74.9 cm³/mol. The summed E-state index contributed by atoms with van der Waals surface area (Å²) in [4.78, 5) is 34.7.